The lowest BCUT2D eigenvalue weighted by Gasteiger charge is -2.06. The van der Waals surface area contributed by atoms with E-state index in [1.807, 2.05) is 32.0 Å². The van der Waals surface area contributed by atoms with E-state index in [-0.39, 0.29) is 12.8 Å². The lowest BCUT2D eigenvalue weighted by atomic mass is 10.2. The van der Waals surface area contributed by atoms with Gasteiger partial charge in [0.05, 0.1) is 0 Å². The van der Waals surface area contributed by atoms with E-state index in [1.54, 1.807) is 6.20 Å². The van der Waals surface area contributed by atoms with Gasteiger partial charge in [0, 0.05) is 12.7 Å². The second-order valence-electron chi connectivity index (χ2n) is 4.36. The van der Waals surface area contributed by atoms with E-state index in [9.17, 15) is 4.79 Å². The zero-order chi connectivity index (χ0) is 13.7. The number of nitrogens with one attached hydrogen (secondary N) is 2. The monoisotopic (exact) mass is 262 g/mol. The Morgan fingerprint density at radius 1 is 1.37 bits per heavy atom. The Bertz CT molecular complexity index is 497. The van der Waals surface area contributed by atoms with Crippen molar-refractivity contribution in [3.05, 3.63) is 35.5 Å². The van der Waals surface area contributed by atoms with Gasteiger partial charge in [-0.05, 0) is 31.0 Å². The molecule has 19 heavy (non-hydrogen) atoms. The minimum Gasteiger partial charge on any atom is -0.454 e. The van der Waals surface area contributed by atoms with Gasteiger partial charge in [0.15, 0.2) is 11.5 Å². The van der Waals surface area contributed by atoms with E-state index < -0.39 is 0 Å². The maximum absolute atomic E-state index is 11.5. The Morgan fingerprint density at radius 2 is 2.16 bits per heavy atom. The number of hydrogen-bond acceptors (Lipinski definition) is 3. The number of amides is 2. The average Bonchev–Trinajstić information content (AvgIpc) is 2.89. The van der Waals surface area contributed by atoms with Crippen LogP contribution in [0.15, 0.2) is 30.0 Å². The maximum Gasteiger partial charge on any atom is 0.319 e. The van der Waals surface area contributed by atoms with E-state index in [4.69, 9.17) is 9.47 Å². The van der Waals surface area contributed by atoms with Gasteiger partial charge in [0.2, 0.25) is 6.79 Å². The molecule has 0 fully saturated rings. The van der Waals surface area contributed by atoms with E-state index in [1.165, 1.54) is 0 Å². The normalized spacial score (nSPS) is 13.3. The first-order valence-electron chi connectivity index (χ1n) is 6.27. The number of urea groups is 1. The molecular formula is C14H18N2O3. The van der Waals surface area contributed by atoms with Gasteiger partial charge in [-0.1, -0.05) is 18.6 Å². The summed E-state index contributed by atoms with van der Waals surface area (Å²) in [5.74, 6) is 1.47. The highest BCUT2D eigenvalue weighted by Gasteiger charge is 2.13. The predicted octanol–water partition coefficient (Wildman–Crippen LogP) is 2.53. The molecule has 0 aromatic heterocycles. The molecule has 5 nitrogen and oxygen atoms in total. The topological polar surface area (TPSA) is 59.6 Å². The van der Waals surface area contributed by atoms with Crippen molar-refractivity contribution < 1.29 is 14.3 Å². The zero-order valence-electron chi connectivity index (χ0n) is 11.2. The Balaban J connectivity index is 1.84. The van der Waals surface area contributed by atoms with Crippen molar-refractivity contribution >= 4 is 6.03 Å². The molecule has 1 heterocycles. The number of carbonyl (C=O) groups is 1. The third kappa shape index (κ3) is 3.64. The average molecular weight is 262 g/mol. The fraction of sp³-hybridized carbons (Fsp3) is 0.357. The van der Waals surface area contributed by atoms with Crippen molar-refractivity contribution in [2.45, 2.75) is 26.8 Å². The second-order valence-corrected chi connectivity index (χ2v) is 4.36. The molecule has 0 bridgehead atoms. The van der Waals surface area contributed by atoms with E-state index >= 15 is 0 Å². The summed E-state index contributed by atoms with van der Waals surface area (Å²) in [6.07, 6.45) is 2.64. The first-order chi connectivity index (χ1) is 9.19. The van der Waals surface area contributed by atoms with Crippen LogP contribution in [0.2, 0.25) is 0 Å². The summed E-state index contributed by atoms with van der Waals surface area (Å²) < 4.78 is 10.5. The quantitative estimate of drug-likeness (QED) is 0.876. The Labute approximate surface area is 112 Å². The maximum atomic E-state index is 11.5. The molecule has 0 saturated heterocycles. The van der Waals surface area contributed by atoms with Gasteiger partial charge in [0.25, 0.3) is 0 Å². The molecule has 0 aliphatic carbocycles. The van der Waals surface area contributed by atoms with Crippen LogP contribution >= 0.6 is 0 Å². The molecule has 2 N–H and O–H groups in total. The number of carbonyl (C=O) groups excluding carboxylic acids is 1. The molecule has 0 radical (unpaired) electrons. The van der Waals surface area contributed by atoms with Crippen LogP contribution < -0.4 is 20.1 Å². The highest BCUT2D eigenvalue weighted by molar-refractivity contribution is 5.75. The first-order valence-corrected chi connectivity index (χ1v) is 6.27. The van der Waals surface area contributed by atoms with Gasteiger partial charge in [-0.2, -0.15) is 0 Å². The summed E-state index contributed by atoms with van der Waals surface area (Å²) in [4.78, 5) is 11.5. The van der Waals surface area contributed by atoms with E-state index in [0.717, 1.165) is 29.1 Å². The summed E-state index contributed by atoms with van der Waals surface area (Å²) in [7, 11) is 0. The Morgan fingerprint density at radius 3 is 2.95 bits per heavy atom. The molecule has 2 rings (SSSR count). The number of allylic oxidation sites excluding steroid dienone is 1. The lowest BCUT2D eigenvalue weighted by molar-refractivity contribution is 0.174. The number of rotatable bonds is 4. The predicted molar refractivity (Wildman–Crippen MR) is 72.0 cm³/mol. The smallest absolute Gasteiger partial charge is 0.319 e. The molecule has 102 valence electrons. The fourth-order valence-corrected chi connectivity index (χ4v) is 1.58. The highest BCUT2D eigenvalue weighted by Crippen LogP contribution is 2.32. The molecule has 0 saturated carbocycles. The van der Waals surface area contributed by atoms with Crippen LogP contribution in [0.1, 0.15) is 25.8 Å². The third-order valence-electron chi connectivity index (χ3n) is 2.90. The second kappa shape index (κ2) is 6.13. The summed E-state index contributed by atoms with van der Waals surface area (Å²) in [5, 5.41) is 5.47. The molecule has 0 spiro atoms. The van der Waals surface area contributed by atoms with E-state index in [0.29, 0.717) is 6.54 Å². The van der Waals surface area contributed by atoms with Crippen molar-refractivity contribution in [1.29, 1.82) is 0 Å². The minimum absolute atomic E-state index is 0.217. The molecule has 5 heteroatoms. The van der Waals surface area contributed by atoms with Crippen LogP contribution in [-0.2, 0) is 6.54 Å². The largest absolute Gasteiger partial charge is 0.454 e. The molecule has 1 aromatic rings. The minimum atomic E-state index is -0.217. The number of ether oxygens (including phenoxy) is 2. The van der Waals surface area contributed by atoms with Crippen molar-refractivity contribution in [3.8, 4) is 11.5 Å². The van der Waals surface area contributed by atoms with Crippen LogP contribution in [0.4, 0.5) is 4.79 Å². The van der Waals surface area contributed by atoms with Crippen LogP contribution in [0.3, 0.4) is 0 Å². The summed E-state index contributed by atoms with van der Waals surface area (Å²) in [6, 6.07) is 5.40. The number of fused-ring (bicyclic) bond motifs is 1. The van der Waals surface area contributed by atoms with Gasteiger partial charge in [0.1, 0.15) is 0 Å². The SMILES string of the molecule is CC/C(C)=C/NC(=O)NCc1ccc2c(c1)OCO2. The fourth-order valence-electron chi connectivity index (χ4n) is 1.58. The standard InChI is InChI=1S/C14H18N2O3/c1-3-10(2)7-15-14(17)16-8-11-4-5-12-13(6-11)19-9-18-12/h4-7H,3,8-9H2,1-2H3,(H2,15,16,17)/b10-7+. The number of hydrogen-bond donors (Lipinski definition) is 2. The molecule has 0 unspecified atom stereocenters. The van der Waals surface area contributed by atoms with Gasteiger partial charge in [-0.3, -0.25) is 0 Å². The Kier molecular flexibility index (Phi) is 4.28. The zero-order valence-corrected chi connectivity index (χ0v) is 11.2. The van der Waals surface area contributed by atoms with Crippen molar-refractivity contribution in [2.75, 3.05) is 6.79 Å². The Hall–Kier alpha value is -2.17. The number of benzene rings is 1. The van der Waals surface area contributed by atoms with Gasteiger partial charge >= 0.3 is 6.03 Å². The van der Waals surface area contributed by atoms with Crippen LogP contribution in [0.25, 0.3) is 0 Å². The van der Waals surface area contributed by atoms with Crippen molar-refractivity contribution in [1.82, 2.24) is 10.6 Å². The molecule has 2 amide bonds. The van der Waals surface area contributed by atoms with Crippen LogP contribution in [-0.4, -0.2) is 12.8 Å². The first kappa shape index (κ1) is 13.3. The summed E-state index contributed by atoms with van der Waals surface area (Å²) >= 11 is 0. The lowest BCUT2D eigenvalue weighted by Crippen LogP contribution is -2.31. The van der Waals surface area contributed by atoms with Crippen LogP contribution in [0.5, 0.6) is 11.5 Å². The van der Waals surface area contributed by atoms with Crippen molar-refractivity contribution in [3.63, 3.8) is 0 Å². The third-order valence-corrected chi connectivity index (χ3v) is 2.90. The highest BCUT2D eigenvalue weighted by atomic mass is 16.7. The molecule has 1 aliphatic rings. The van der Waals surface area contributed by atoms with Crippen molar-refractivity contribution in [2.24, 2.45) is 0 Å². The summed E-state index contributed by atoms with van der Waals surface area (Å²) in [5.41, 5.74) is 2.09. The molecule has 1 aliphatic heterocycles. The van der Waals surface area contributed by atoms with Gasteiger partial charge < -0.3 is 20.1 Å². The summed E-state index contributed by atoms with van der Waals surface area (Å²) in [6.45, 7) is 4.71. The van der Waals surface area contributed by atoms with Crippen LogP contribution in [0, 0.1) is 0 Å². The van der Waals surface area contributed by atoms with Gasteiger partial charge in [-0.25, -0.2) is 4.79 Å². The molecule has 1 aromatic carbocycles. The molecular weight excluding hydrogens is 244 g/mol. The van der Waals surface area contributed by atoms with Gasteiger partial charge in [-0.15, -0.1) is 0 Å². The van der Waals surface area contributed by atoms with E-state index in [2.05, 4.69) is 10.6 Å². The molecule has 0 atom stereocenters.